The van der Waals surface area contributed by atoms with Gasteiger partial charge in [-0.15, -0.1) is 0 Å². The lowest BCUT2D eigenvalue weighted by Gasteiger charge is -2.24. The number of nitrogens with zero attached hydrogens (tertiary/aromatic N) is 1. The Bertz CT molecular complexity index is 1250. The van der Waals surface area contributed by atoms with Gasteiger partial charge in [0.2, 0.25) is 10.0 Å². The number of carbonyl (C=O) groups excluding carboxylic acids is 1. The number of anilines is 1. The second-order valence-electron chi connectivity index (χ2n) is 11.8. The molecular weight excluding hydrogens is 541 g/mol. The van der Waals surface area contributed by atoms with Crippen molar-refractivity contribution in [3.8, 4) is 0 Å². The van der Waals surface area contributed by atoms with Crippen LogP contribution in [0.2, 0.25) is 0 Å². The zero-order chi connectivity index (χ0) is 29.6. The van der Waals surface area contributed by atoms with Gasteiger partial charge in [0.15, 0.2) is 5.11 Å². The molecule has 0 saturated heterocycles. The number of halogens is 1. The lowest BCUT2D eigenvalue weighted by Crippen LogP contribution is -2.41. The fourth-order valence-corrected chi connectivity index (χ4v) is 4.29. The number of thiocarbonyl (C=S) groups is 1. The Labute approximate surface area is 236 Å². The molecule has 1 unspecified atom stereocenters. The molecule has 0 spiro atoms. The molecule has 0 saturated carbocycles. The van der Waals surface area contributed by atoms with E-state index in [0.29, 0.717) is 18.5 Å². The van der Waals surface area contributed by atoms with Gasteiger partial charge >= 0.3 is 5.97 Å². The minimum atomic E-state index is -3.63. The average molecular weight is 582 g/mol. The fraction of sp³-hybridized carbons (Fsp3) is 0.500. The molecule has 1 atom stereocenters. The smallest absolute Gasteiger partial charge is 0.311 e. The van der Waals surface area contributed by atoms with E-state index in [1.165, 1.54) is 17.7 Å². The predicted molar refractivity (Wildman–Crippen MR) is 156 cm³/mol. The van der Waals surface area contributed by atoms with Crippen molar-refractivity contribution in [3.05, 3.63) is 65.0 Å². The molecule has 0 aliphatic carbocycles. The van der Waals surface area contributed by atoms with Crippen molar-refractivity contribution in [1.29, 1.82) is 0 Å². The first-order valence-electron chi connectivity index (χ1n) is 12.6. The summed E-state index contributed by atoms with van der Waals surface area (Å²) in [5.41, 5.74) is 1.89. The Morgan fingerprint density at radius 3 is 2.18 bits per heavy atom. The van der Waals surface area contributed by atoms with Gasteiger partial charge in [0.25, 0.3) is 0 Å². The molecule has 0 aromatic heterocycles. The Morgan fingerprint density at radius 1 is 1.08 bits per heavy atom. The molecule has 3 N–H and O–H groups in total. The molecule has 8 nitrogen and oxygen atoms in total. The molecule has 216 valence electrons. The van der Waals surface area contributed by atoms with Crippen molar-refractivity contribution < 1.29 is 27.5 Å². The van der Waals surface area contributed by atoms with E-state index in [2.05, 4.69) is 55.1 Å². The third-order valence-electron chi connectivity index (χ3n) is 5.84. The molecule has 2 aromatic rings. The summed E-state index contributed by atoms with van der Waals surface area (Å²) >= 11 is 5.31. The average Bonchev–Trinajstić information content (AvgIpc) is 2.80. The van der Waals surface area contributed by atoms with Crippen LogP contribution in [-0.4, -0.2) is 49.2 Å². The summed E-state index contributed by atoms with van der Waals surface area (Å²) in [6.07, 6.45) is 1.54. The Balaban J connectivity index is 2.05. The monoisotopic (exact) mass is 581 g/mol. The van der Waals surface area contributed by atoms with Gasteiger partial charge in [-0.05, 0) is 73.6 Å². The third-order valence-corrected chi connectivity index (χ3v) is 6.79. The molecule has 39 heavy (non-hydrogen) atoms. The lowest BCUT2D eigenvalue weighted by molar-refractivity contribution is -0.154. The number of hydrogen-bond donors (Lipinski definition) is 3. The largest absolute Gasteiger partial charge is 0.465 e. The van der Waals surface area contributed by atoms with Crippen LogP contribution < -0.4 is 10.0 Å². The maximum Gasteiger partial charge on any atom is 0.311 e. The first-order valence-corrected chi connectivity index (χ1v) is 14.9. The molecule has 0 radical (unpaired) electrons. The molecular formula is C28H40FN3O5S2. The van der Waals surface area contributed by atoms with Gasteiger partial charge in [-0.3, -0.25) is 14.7 Å². The maximum absolute atomic E-state index is 14.3. The third kappa shape index (κ3) is 11.1. The predicted octanol–water partition coefficient (Wildman–Crippen LogP) is 5.01. The lowest BCUT2D eigenvalue weighted by atomic mass is 9.86. The van der Waals surface area contributed by atoms with Gasteiger partial charge in [-0.1, -0.05) is 51.1 Å². The van der Waals surface area contributed by atoms with E-state index >= 15 is 0 Å². The summed E-state index contributed by atoms with van der Waals surface area (Å²) in [5, 5.41) is 14.3. The molecule has 0 fully saturated rings. The highest BCUT2D eigenvalue weighted by Gasteiger charge is 2.25. The number of benzene rings is 2. The second-order valence-corrected chi connectivity index (χ2v) is 13.9. The summed E-state index contributed by atoms with van der Waals surface area (Å²) in [4.78, 5) is 12.4. The van der Waals surface area contributed by atoms with Crippen LogP contribution in [-0.2, 0) is 37.9 Å². The van der Waals surface area contributed by atoms with Crippen molar-refractivity contribution in [2.24, 2.45) is 11.3 Å². The van der Waals surface area contributed by atoms with E-state index in [9.17, 15) is 22.8 Å². The molecule has 11 heteroatoms. The Kier molecular flexibility index (Phi) is 10.9. The number of hydrogen-bond acceptors (Lipinski definition) is 6. The van der Waals surface area contributed by atoms with E-state index in [1.54, 1.807) is 20.8 Å². The molecule has 0 amide bonds. The summed E-state index contributed by atoms with van der Waals surface area (Å²) in [7, 11) is -3.63. The van der Waals surface area contributed by atoms with Crippen molar-refractivity contribution in [3.63, 3.8) is 0 Å². The quantitative estimate of drug-likeness (QED) is 0.204. The molecule has 0 aliphatic rings. The zero-order valence-corrected chi connectivity index (χ0v) is 25.3. The molecule has 0 aliphatic heterocycles. The van der Waals surface area contributed by atoms with Crippen molar-refractivity contribution >= 4 is 39.0 Å². The molecule has 2 aromatic carbocycles. The van der Waals surface area contributed by atoms with Crippen LogP contribution in [0.5, 0.6) is 0 Å². The minimum absolute atomic E-state index is 0.0176. The highest BCUT2D eigenvalue weighted by Crippen LogP contribution is 2.23. The SMILES string of the molecule is CC(C)(C)C(=O)OCC(CNC(=S)N(O)Cc1ccc(NS(C)(=O)=O)c(F)c1)Cc1ccc(C(C)(C)C)cc1. The topological polar surface area (TPSA) is 108 Å². The fourth-order valence-electron chi connectivity index (χ4n) is 3.58. The number of sulfonamides is 1. The van der Waals surface area contributed by atoms with Crippen LogP contribution >= 0.6 is 12.2 Å². The van der Waals surface area contributed by atoms with E-state index in [4.69, 9.17) is 17.0 Å². The van der Waals surface area contributed by atoms with Crippen LogP contribution in [0.25, 0.3) is 0 Å². The van der Waals surface area contributed by atoms with Gasteiger partial charge in [-0.2, -0.15) is 0 Å². The van der Waals surface area contributed by atoms with Crippen LogP contribution in [0, 0.1) is 17.2 Å². The van der Waals surface area contributed by atoms with Gasteiger partial charge < -0.3 is 10.1 Å². The van der Waals surface area contributed by atoms with Gasteiger partial charge in [0, 0.05) is 12.5 Å². The molecule has 2 rings (SSSR count). The highest BCUT2D eigenvalue weighted by molar-refractivity contribution is 7.92. The Morgan fingerprint density at radius 2 is 1.67 bits per heavy atom. The number of rotatable bonds is 10. The van der Waals surface area contributed by atoms with E-state index in [0.717, 1.165) is 22.9 Å². The number of carbonyl (C=O) groups is 1. The number of esters is 1. The van der Waals surface area contributed by atoms with Crippen molar-refractivity contribution in [1.82, 2.24) is 10.4 Å². The van der Waals surface area contributed by atoms with Gasteiger partial charge in [0.1, 0.15) is 5.82 Å². The maximum atomic E-state index is 14.3. The standard InChI is InChI=1S/C28H40FN3O5S2/c1-27(2,3)22-11-8-19(9-12-22)14-21(18-37-25(33)28(4,5)6)16-30-26(38)32(34)17-20-10-13-24(23(29)15-20)31-39(7,35)36/h8-13,15,21,31,34H,14,16-18H2,1-7H3,(H,30,38). The minimum Gasteiger partial charge on any atom is -0.465 e. The Hall–Kier alpha value is -2.76. The normalized spacial score (nSPS) is 12.9. The highest BCUT2D eigenvalue weighted by atomic mass is 32.2. The van der Waals surface area contributed by atoms with Crippen LogP contribution in [0.4, 0.5) is 10.1 Å². The molecule has 0 heterocycles. The number of nitrogens with one attached hydrogen (secondary N) is 2. The summed E-state index contributed by atoms with van der Waals surface area (Å²) in [5.74, 6) is -1.22. The van der Waals surface area contributed by atoms with Crippen LogP contribution in [0.1, 0.15) is 58.2 Å². The summed E-state index contributed by atoms with van der Waals surface area (Å²) in [6, 6.07) is 12.2. The van der Waals surface area contributed by atoms with Gasteiger partial charge in [-0.25, -0.2) is 17.9 Å². The van der Waals surface area contributed by atoms with Crippen LogP contribution in [0.15, 0.2) is 42.5 Å². The van der Waals surface area contributed by atoms with Crippen LogP contribution in [0.3, 0.4) is 0 Å². The van der Waals surface area contributed by atoms with Gasteiger partial charge in [0.05, 0.1) is 30.5 Å². The number of ether oxygens (including phenoxy) is 1. The van der Waals surface area contributed by atoms with Crippen molar-refractivity contribution in [2.75, 3.05) is 24.1 Å². The number of hydroxylamine groups is 2. The van der Waals surface area contributed by atoms with Crippen molar-refractivity contribution in [2.45, 2.75) is 59.9 Å². The first-order chi connectivity index (χ1) is 17.8. The van der Waals surface area contributed by atoms with E-state index in [-0.39, 0.29) is 41.3 Å². The molecule has 0 bridgehead atoms. The van der Waals surface area contributed by atoms with E-state index < -0.39 is 21.3 Å². The first kappa shape index (κ1) is 32.5. The summed E-state index contributed by atoms with van der Waals surface area (Å²) in [6.45, 7) is 12.2. The van der Waals surface area contributed by atoms with E-state index in [1.807, 2.05) is 0 Å². The summed E-state index contributed by atoms with van der Waals surface area (Å²) < 4.78 is 44.7. The zero-order valence-electron chi connectivity index (χ0n) is 23.7. The second kappa shape index (κ2) is 13.1.